The first-order valence-electron chi connectivity index (χ1n) is 10.5. The van der Waals surface area contributed by atoms with Crippen LogP contribution in [-0.4, -0.2) is 41.5 Å². The summed E-state index contributed by atoms with van der Waals surface area (Å²) in [5.41, 5.74) is 1.96. The van der Waals surface area contributed by atoms with Crippen molar-refractivity contribution in [3.8, 4) is 0 Å². The predicted octanol–water partition coefficient (Wildman–Crippen LogP) is 4.20. The molecule has 1 saturated heterocycles. The highest BCUT2D eigenvalue weighted by molar-refractivity contribution is 5.95. The van der Waals surface area contributed by atoms with Gasteiger partial charge in [-0.05, 0) is 63.6 Å². The van der Waals surface area contributed by atoms with Crippen LogP contribution in [0.3, 0.4) is 0 Å². The third-order valence-electron chi connectivity index (χ3n) is 5.77. The summed E-state index contributed by atoms with van der Waals surface area (Å²) in [6, 6.07) is 13.9. The van der Waals surface area contributed by atoms with Crippen LogP contribution < -0.4 is 0 Å². The second-order valence-corrected chi connectivity index (χ2v) is 7.81. The lowest BCUT2D eigenvalue weighted by Crippen LogP contribution is -2.50. The Balaban J connectivity index is 1.75. The number of aromatic nitrogens is 1. The first kappa shape index (κ1) is 21.0. The number of rotatable bonds is 7. The van der Waals surface area contributed by atoms with E-state index in [-0.39, 0.29) is 11.9 Å². The minimum atomic E-state index is -0.630. The van der Waals surface area contributed by atoms with Crippen LogP contribution in [0.5, 0.6) is 0 Å². The molecule has 2 aromatic rings. The largest absolute Gasteiger partial charge is 0.466 e. The van der Waals surface area contributed by atoms with E-state index in [1.165, 1.54) is 5.56 Å². The highest BCUT2D eigenvalue weighted by Crippen LogP contribution is 2.37. The monoisotopic (exact) mass is 394 g/mol. The first-order valence-corrected chi connectivity index (χ1v) is 10.5. The molecule has 1 aliphatic rings. The van der Waals surface area contributed by atoms with Crippen LogP contribution in [0.1, 0.15) is 54.2 Å². The van der Waals surface area contributed by atoms with Gasteiger partial charge in [0.1, 0.15) is 0 Å². The molecule has 29 heavy (non-hydrogen) atoms. The molecule has 0 aliphatic carbocycles. The van der Waals surface area contributed by atoms with Gasteiger partial charge < -0.3 is 9.64 Å². The summed E-state index contributed by atoms with van der Waals surface area (Å²) in [4.78, 5) is 32.1. The van der Waals surface area contributed by atoms with E-state index >= 15 is 0 Å². The Hall–Kier alpha value is -2.69. The quantitative estimate of drug-likeness (QED) is 0.661. The molecule has 0 saturated carbocycles. The molecule has 1 aromatic carbocycles. The molecule has 1 aromatic heterocycles. The summed E-state index contributed by atoms with van der Waals surface area (Å²) in [6.07, 6.45) is 5.77. The maximum Gasteiger partial charge on any atom is 0.313 e. The van der Waals surface area contributed by atoms with E-state index in [1.807, 2.05) is 36.9 Å². The maximum atomic E-state index is 13.1. The Morgan fingerprint density at radius 1 is 1.17 bits per heavy atom. The van der Waals surface area contributed by atoms with Crippen LogP contribution in [0.15, 0.2) is 48.7 Å². The average Bonchev–Trinajstić information content (AvgIpc) is 2.75. The molecule has 154 valence electrons. The minimum absolute atomic E-state index is 0.0490. The molecule has 0 bridgehead atoms. The van der Waals surface area contributed by atoms with E-state index < -0.39 is 5.41 Å². The molecule has 0 N–H and O–H groups in total. The van der Waals surface area contributed by atoms with E-state index in [2.05, 4.69) is 17.1 Å². The Labute approximate surface area is 173 Å². The van der Waals surface area contributed by atoms with Crippen molar-refractivity contribution in [3.63, 3.8) is 0 Å². The van der Waals surface area contributed by atoms with E-state index in [4.69, 9.17) is 4.74 Å². The molecular formula is C24H30N2O3. The van der Waals surface area contributed by atoms with Crippen molar-refractivity contribution in [1.29, 1.82) is 0 Å². The number of ether oxygens (including phenoxy) is 1. The lowest BCUT2D eigenvalue weighted by molar-refractivity contribution is -0.159. The summed E-state index contributed by atoms with van der Waals surface area (Å²) < 4.78 is 5.46. The van der Waals surface area contributed by atoms with E-state index in [0.717, 1.165) is 32.1 Å². The van der Waals surface area contributed by atoms with Crippen molar-refractivity contribution in [3.05, 3.63) is 65.5 Å². The number of nitrogens with zero attached hydrogens (tertiary/aromatic N) is 2. The number of benzene rings is 1. The van der Waals surface area contributed by atoms with Crippen molar-refractivity contribution in [2.45, 2.75) is 46.0 Å². The number of pyridine rings is 1. The number of hydrogen-bond acceptors (Lipinski definition) is 4. The number of carbonyl (C=O) groups is 2. The third kappa shape index (κ3) is 5.03. The van der Waals surface area contributed by atoms with Gasteiger partial charge in [-0.1, -0.05) is 30.3 Å². The molecule has 2 heterocycles. The highest BCUT2D eigenvalue weighted by atomic mass is 16.5. The standard InChI is InChI=1S/C24H30N2O3/c1-3-29-23(28)24(14-7-12-20-10-5-4-6-11-20)15-9-17-26(18-24)22(27)21-13-8-16-25-19(21)2/h4-6,8,10-11,13,16H,3,7,9,12,14-15,17-18H2,1-2H3/t24-/m0/s1. The number of piperidine rings is 1. The summed E-state index contributed by atoms with van der Waals surface area (Å²) in [5.74, 6) is -0.222. The Kier molecular flexibility index (Phi) is 7.02. The van der Waals surface area contributed by atoms with Gasteiger partial charge >= 0.3 is 5.97 Å². The highest BCUT2D eigenvalue weighted by Gasteiger charge is 2.44. The molecule has 1 aliphatic heterocycles. The fourth-order valence-electron chi connectivity index (χ4n) is 4.22. The summed E-state index contributed by atoms with van der Waals surface area (Å²) in [6.45, 7) is 5.10. The molecule has 0 unspecified atom stereocenters. The molecule has 1 amide bonds. The molecular weight excluding hydrogens is 364 g/mol. The second kappa shape index (κ2) is 9.68. The SMILES string of the molecule is CCOC(=O)[C@@]1(CCCc2ccccc2)CCCN(C(=O)c2cccnc2C)C1. The topological polar surface area (TPSA) is 59.5 Å². The van der Waals surface area contributed by atoms with E-state index in [9.17, 15) is 9.59 Å². The van der Waals surface area contributed by atoms with Crippen molar-refractivity contribution in [1.82, 2.24) is 9.88 Å². The zero-order valence-corrected chi connectivity index (χ0v) is 17.4. The van der Waals surface area contributed by atoms with Crippen molar-refractivity contribution >= 4 is 11.9 Å². The number of hydrogen-bond donors (Lipinski definition) is 0. The Morgan fingerprint density at radius 2 is 1.97 bits per heavy atom. The van der Waals surface area contributed by atoms with E-state index in [0.29, 0.717) is 31.0 Å². The van der Waals surface area contributed by atoms with Crippen molar-refractivity contribution < 1.29 is 14.3 Å². The van der Waals surface area contributed by atoms with Crippen molar-refractivity contribution in [2.75, 3.05) is 19.7 Å². The van der Waals surface area contributed by atoms with Crippen LogP contribution in [-0.2, 0) is 16.0 Å². The zero-order valence-electron chi connectivity index (χ0n) is 17.4. The molecule has 1 fully saturated rings. The lowest BCUT2D eigenvalue weighted by Gasteiger charge is -2.41. The number of esters is 1. The van der Waals surface area contributed by atoms with Gasteiger partial charge in [-0.3, -0.25) is 14.6 Å². The van der Waals surface area contributed by atoms with Crippen LogP contribution in [0.25, 0.3) is 0 Å². The average molecular weight is 395 g/mol. The fourth-order valence-corrected chi connectivity index (χ4v) is 4.22. The Morgan fingerprint density at radius 3 is 2.69 bits per heavy atom. The van der Waals surface area contributed by atoms with Gasteiger partial charge in [-0.2, -0.15) is 0 Å². The molecule has 1 atom stereocenters. The van der Waals surface area contributed by atoms with Crippen molar-refractivity contribution in [2.24, 2.45) is 5.41 Å². The van der Waals surface area contributed by atoms with E-state index in [1.54, 1.807) is 18.3 Å². The number of likely N-dealkylation sites (tertiary alicyclic amines) is 1. The minimum Gasteiger partial charge on any atom is -0.466 e. The molecule has 0 spiro atoms. The van der Waals surface area contributed by atoms with Gasteiger partial charge in [-0.15, -0.1) is 0 Å². The van der Waals surface area contributed by atoms with Crippen LogP contribution in [0.2, 0.25) is 0 Å². The molecule has 3 rings (SSSR count). The van der Waals surface area contributed by atoms with Crippen LogP contribution in [0.4, 0.5) is 0 Å². The lowest BCUT2D eigenvalue weighted by atomic mass is 9.75. The van der Waals surface area contributed by atoms with Gasteiger partial charge in [0.05, 0.1) is 17.6 Å². The molecule has 5 heteroatoms. The smallest absolute Gasteiger partial charge is 0.313 e. The van der Waals surface area contributed by atoms with Crippen LogP contribution in [0, 0.1) is 12.3 Å². The third-order valence-corrected chi connectivity index (χ3v) is 5.77. The first-order chi connectivity index (χ1) is 14.1. The fraction of sp³-hybridized carbons (Fsp3) is 0.458. The summed E-state index contributed by atoms with van der Waals surface area (Å²) in [5, 5.41) is 0. The Bertz CT molecular complexity index is 837. The zero-order chi connectivity index (χ0) is 20.7. The predicted molar refractivity (Wildman–Crippen MR) is 113 cm³/mol. The van der Waals surface area contributed by atoms with Gasteiger partial charge in [0.15, 0.2) is 0 Å². The normalized spacial score (nSPS) is 19.0. The van der Waals surface area contributed by atoms with Gasteiger partial charge in [0, 0.05) is 25.0 Å². The number of aryl methyl sites for hydroxylation is 2. The summed E-state index contributed by atoms with van der Waals surface area (Å²) in [7, 11) is 0. The second-order valence-electron chi connectivity index (χ2n) is 7.81. The molecule has 0 radical (unpaired) electrons. The van der Waals surface area contributed by atoms with Gasteiger partial charge in [0.2, 0.25) is 0 Å². The summed E-state index contributed by atoms with van der Waals surface area (Å²) >= 11 is 0. The maximum absolute atomic E-state index is 13.1. The van der Waals surface area contributed by atoms with Crippen LogP contribution >= 0.6 is 0 Å². The number of amides is 1. The number of carbonyl (C=O) groups excluding carboxylic acids is 2. The molecule has 5 nitrogen and oxygen atoms in total. The van der Waals surface area contributed by atoms with Gasteiger partial charge in [0.25, 0.3) is 5.91 Å². The van der Waals surface area contributed by atoms with Gasteiger partial charge in [-0.25, -0.2) is 0 Å².